The van der Waals surface area contributed by atoms with Crippen molar-refractivity contribution in [1.29, 1.82) is 0 Å². The van der Waals surface area contributed by atoms with Gasteiger partial charge in [-0.05, 0) is 246 Å². The Bertz CT molecular complexity index is 4390. The van der Waals surface area contributed by atoms with E-state index in [-0.39, 0.29) is 96.4 Å². The number of nitrogens with one attached hydrogen (secondary N) is 7. The van der Waals surface area contributed by atoms with Gasteiger partial charge >= 0.3 is 0 Å². The van der Waals surface area contributed by atoms with Gasteiger partial charge in [0.05, 0.1) is 24.2 Å². The molecule has 1 aliphatic rings. The van der Waals surface area contributed by atoms with Gasteiger partial charge in [-0.2, -0.15) is 0 Å². The molecular weight excluding hydrogens is 1430 g/mol. The summed E-state index contributed by atoms with van der Waals surface area (Å²) in [5.41, 5.74) is 30.8. The number of amides is 1. The Kier molecular flexibility index (Phi) is 32.9. The highest BCUT2D eigenvalue weighted by Crippen LogP contribution is 2.35. The fraction of sp³-hybridized carbons (Fsp3) is 0.476. The Hall–Kier alpha value is -8.66. The maximum Gasteiger partial charge on any atom is 0.253 e. The van der Waals surface area contributed by atoms with Crippen LogP contribution in [0.5, 0.6) is 5.75 Å². The number of nitrogens with two attached hydrogens (primary N) is 2. The first-order valence-electron chi connectivity index (χ1n) is 41.9. The fourth-order valence-electron chi connectivity index (χ4n) is 13.6. The normalized spacial score (nSPS) is 14.6. The Morgan fingerprint density at radius 3 is 0.922 bits per heavy atom. The molecule has 630 valence electrons. The summed E-state index contributed by atoms with van der Waals surface area (Å²) in [7, 11) is 0. The van der Waals surface area contributed by atoms with Gasteiger partial charge in [-0.1, -0.05) is 268 Å². The van der Waals surface area contributed by atoms with Crippen LogP contribution < -0.4 is 48.9 Å². The Morgan fingerprint density at radius 1 is 0.336 bits per heavy atom. The predicted molar refractivity (Wildman–Crippen MR) is 497 cm³/mol. The van der Waals surface area contributed by atoms with Gasteiger partial charge < -0.3 is 53.0 Å². The molecule has 1 saturated heterocycles. The minimum absolute atomic E-state index is 0.00868. The number of phenols is 1. The van der Waals surface area contributed by atoms with E-state index in [4.69, 9.17) is 11.5 Å². The molecular formula is C103H150N10O3. The number of pyridine rings is 1. The van der Waals surface area contributed by atoms with Crippen molar-refractivity contribution in [3.8, 4) is 5.75 Å². The zero-order valence-corrected chi connectivity index (χ0v) is 76.8. The number of hydrogen-bond acceptors (Lipinski definition) is 11. The molecule has 0 saturated carbocycles. The van der Waals surface area contributed by atoms with Crippen molar-refractivity contribution < 1.29 is 9.90 Å². The standard InChI is InChI=1S/2C21H30N2.C21H29NO.C20H33N3O.C20H28N2O/c1-20(2,3)17-11-7-15(8-12-17)19(23-21(4,5)6)16-9-13-18(22)14-10-16;1-20(2,3)17-12-10-15(11-13-17)19(23-21(4,5)6)16-8-7-9-18(22)14-16;1-20(2,3)17-11-7-15(8-12-17)19(22-21(4,5)6)16-9-13-18(23)14-10-16;1-19(2,3)16-9-7-15(8-10-16)17(22-20(4,5)6)18(24)23-13-11-21-12-14-23;1-19(2,3)15-11-9-14(10-12-15)17(22-20(4,5)6)16-8-7-13-21-18(16)23/h2*7-14,19,23H,22H2,1-6H3;7-14,19,22-23H,1-6H3;7-10,17,21-22H,11-14H2,1-6H3;7-13,17,22H,1-6H3,(H,21,23). The van der Waals surface area contributed by atoms with E-state index in [1.165, 1.54) is 55.6 Å². The van der Waals surface area contributed by atoms with Crippen LogP contribution in [-0.4, -0.2) is 74.8 Å². The number of anilines is 2. The second-order valence-electron chi connectivity index (χ2n) is 42.0. The highest BCUT2D eigenvalue weighted by atomic mass is 16.3. The van der Waals surface area contributed by atoms with Gasteiger partial charge in [-0.25, -0.2) is 0 Å². The number of nitrogen functional groups attached to an aromatic ring is 2. The molecule has 0 bridgehead atoms. The van der Waals surface area contributed by atoms with Gasteiger partial charge in [-0.3, -0.25) is 14.9 Å². The van der Waals surface area contributed by atoms with Crippen LogP contribution in [-0.2, 0) is 31.9 Å². The molecule has 8 aromatic carbocycles. The molecule has 1 aromatic heterocycles. The maximum absolute atomic E-state index is 13.1. The summed E-state index contributed by atoms with van der Waals surface area (Å²) in [5, 5.41) is 31.1. The van der Waals surface area contributed by atoms with Crippen molar-refractivity contribution in [2.24, 2.45) is 0 Å². The summed E-state index contributed by atoms with van der Waals surface area (Å²) in [4.78, 5) is 30.1. The van der Waals surface area contributed by atoms with Gasteiger partial charge in [0.25, 0.3) is 5.56 Å². The topological polar surface area (TPSA) is 198 Å². The van der Waals surface area contributed by atoms with E-state index in [1.807, 2.05) is 53.4 Å². The summed E-state index contributed by atoms with van der Waals surface area (Å²) < 4.78 is 0. The van der Waals surface area contributed by atoms with Crippen LogP contribution in [0.2, 0.25) is 0 Å². The number of piperazine rings is 1. The lowest BCUT2D eigenvalue weighted by atomic mass is 9.85. The molecule has 12 N–H and O–H groups in total. The molecule has 5 unspecified atom stereocenters. The van der Waals surface area contributed by atoms with Crippen LogP contribution >= 0.6 is 0 Å². The number of carbonyl (C=O) groups excluding carboxylic acids is 1. The molecule has 0 aliphatic carbocycles. The fourth-order valence-corrected chi connectivity index (χ4v) is 13.6. The first-order valence-corrected chi connectivity index (χ1v) is 41.9. The first kappa shape index (κ1) is 96.2. The van der Waals surface area contributed by atoms with Crippen LogP contribution in [0.25, 0.3) is 0 Å². The van der Waals surface area contributed by atoms with E-state index in [0.717, 1.165) is 59.8 Å². The quantitative estimate of drug-likeness (QED) is 0.0439. The van der Waals surface area contributed by atoms with E-state index >= 15 is 0 Å². The lowest BCUT2D eigenvalue weighted by Gasteiger charge is -2.35. The number of rotatable bonds is 15. The maximum atomic E-state index is 13.1. The van der Waals surface area contributed by atoms with Crippen molar-refractivity contribution in [3.63, 3.8) is 0 Å². The third-order valence-corrected chi connectivity index (χ3v) is 20.0. The number of aromatic hydroxyl groups is 1. The monoisotopic (exact) mass is 1580 g/mol. The number of carbonyl (C=O) groups is 1. The molecule has 9 aromatic rings. The Balaban J connectivity index is 0.000000225. The molecule has 1 amide bonds. The van der Waals surface area contributed by atoms with Crippen LogP contribution in [0.1, 0.15) is 316 Å². The summed E-state index contributed by atoms with van der Waals surface area (Å²) in [6.07, 6.45) is 1.67. The summed E-state index contributed by atoms with van der Waals surface area (Å²) in [6, 6.07) is 71.3. The number of benzene rings is 8. The minimum atomic E-state index is -0.294. The number of aromatic nitrogens is 1. The number of H-pyrrole nitrogens is 1. The average Bonchev–Trinajstić information content (AvgIpc) is 0.821. The van der Waals surface area contributed by atoms with Crippen molar-refractivity contribution in [2.45, 2.75) is 293 Å². The number of nitrogens with zero attached hydrogens (tertiary/aromatic N) is 1. The smallest absolute Gasteiger partial charge is 0.253 e. The zero-order valence-electron chi connectivity index (χ0n) is 76.8. The molecule has 2 heterocycles. The van der Waals surface area contributed by atoms with E-state index < -0.39 is 0 Å². The van der Waals surface area contributed by atoms with E-state index in [2.05, 4.69) is 390 Å². The first-order chi connectivity index (χ1) is 53.3. The lowest BCUT2D eigenvalue weighted by Crippen LogP contribution is -2.52. The molecule has 0 radical (unpaired) electrons. The van der Waals surface area contributed by atoms with Crippen molar-refractivity contribution in [2.75, 3.05) is 37.6 Å². The second-order valence-corrected chi connectivity index (χ2v) is 42.0. The minimum Gasteiger partial charge on any atom is -0.508 e. The molecule has 5 atom stereocenters. The Labute approximate surface area is 701 Å². The third kappa shape index (κ3) is 32.0. The molecule has 1 aliphatic heterocycles. The highest BCUT2D eigenvalue weighted by Gasteiger charge is 2.32. The molecule has 1 fully saturated rings. The number of aromatic amines is 1. The molecule has 10 rings (SSSR count). The predicted octanol–water partition coefficient (Wildman–Crippen LogP) is 22.2. The SMILES string of the molecule is CC(C)(C)NC(C(=O)N1CCNCC1)c1ccc(C(C)(C)C)cc1.CC(C)(C)NC(c1ccc(C(C)(C)C)cc1)c1ccc[nH]c1=O.CC(C)(C)NC(c1ccc(C(C)(C)C)cc1)c1cccc(N)c1.CC(C)(C)NC(c1ccc(N)cc1)c1ccc(C(C)(C)C)cc1.CC(C)(C)NC(c1ccc(O)cc1)c1ccc(C(C)(C)C)cc1. The van der Waals surface area contributed by atoms with Gasteiger partial charge in [0.1, 0.15) is 11.8 Å². The van der Waals surface area contributed by atoms with Crippen molar-refractivity contribution >= 4 is 17.3 Å². The lowest BCUT2D eigenvalue weighted by molar-refractivity contribution is -0.134. The Morgan fingerprint density at radius 2 is 0.621 bits per heavy atom. The van der Waals surface area contributed by atoms with Crippen LogP contribution in [0.4, 0.5) is 11.4 Å². The largest absolute Gasteiger partial charge is 0.508 e. The third-order valence-electron chi connectivity index (χ3n) is 20.0. The van der Waals surface area contributed by atoms with Crippen LogP contribution in [0.3, 0.4) is 0 Å². The summed E-state index contributed by atoms with van der Waals surface area (Å²) >= 11 is 0. The molecule has 13 heteroatoms. The van der Waals surface area contributed by atoms with Gasteiger partial charge in [0.2, 0.25) is 5.91 Å². The second kappa shape index (κ2) is 39.7. The summed E-state index contributed by atoms with van der Waals surface area (Å²) in [5.74, 6) is 0.473. The van der Waals surface area contributed by atoms with Crippen molar-refractivity contribution in [3.05, 3.63) is 301 Å². The van der Waals surface area contributed by atoms with E-state index in [1.54, 1.807) is 18.3 Å². The number of phenolic OH excluding ortho intramolecular Hbond substituents is 1. The van der Waals surface area contributed by atoms with Gasteiger partial charge in [0.15, 0.2) is 0 Å². The summed E-state index contributed by atoms with van der Waals surface area (Å²) in [6.45, 7) is 69.0. The van der Waals surface area contributed by atoms with Gasteiger partial charge in [-0.15, -0.1) is 0 Å². The molecule has 13 nitrogen and oxygen atoms in total. The van der Waals surface area contributed by atoms with E-state index in [0.29, 0.717) is 5.75 Å². The van der Waals surface area contributed by atoms with Crippen LogP contribution in [0.15, 0.2) is 217 Å². The number of hydrogen-bond donors (Lipinski definition) is 10. The molecule has 0 spiro atoms. The molecule has 116 heavy (non-hydrogen) atoms. The van der Waals surface area contributed by atoms with E-state index in [9.17, 15) is 14.7 Å². The highest BCUT2D eigenvalue weighted by molar-refractivity contribution is 5.83. The average molecular weight is 1580 g/mol. The van der Waals surface area contributed by atoms with Gasteiger partial charge in [0, 0.05) is 77.0 Å². The van der Waals surface area contributed by atoms with Crippen molar-refractivity contribution in [1.82, 2.24) is 41.8 Å². The van der Waals surface area contributed by atoms with Crippen LogP contribution in [0, 0.1) is 0 Å². The zero-order chi connectivity index (χ0) is 87.0.